The molecule has 0 heterocycles. The second-order valence-electron chi connectivity index (χ2n) is 17.3. The van der Waals surface area contributed by atoms with Crippen molar-refractivity contribution in [1.29, 1.82) is 0 Å². The third kappa shape index (κ3) is 39.7. The fourth-order valence-electron chi connectivity index (χ4n) is 7.14. The van der Waals surface area contributed by atoms with Crippen LogP contribution >= 0.6 is 0 Å². The number of nitrogens with zero attached hydrogens (tertiary/aromatic N) is 3. The first-order valence-electron chi connectivity index (χ1n) is 24.5. The number of likely N-dealkylation sites (N-methyl/N-ethyl adjacent to an activating group) is 3. The van der Waals surface area contributed by atoms with Crippen molar-refractivity contribution < 1.29 is 19.8 Å². The lowest BCUT2D eigenvalue weighted by Gasteiger charge is -2.26. The van der Waals surface area contributed by atoms with E-state index in [1.165, 1.54) is 154 Å². The van der Waals surface area contributed by atoms with E-state index in [1.54, 1.807) is 0 Å². The minimum absolute atomic E-state index is 0.291. The summed E-state index contributed by atoms with van der Waals surface area (Å²) >= 11 is 0. The quantitative estimate of drug-likeness (QED) is 0.0358. The predicted octanol–water partition coefficient (Wildman–Crippen LogP) is 9.81. The average Bonchev–Trinajstić information content (AvgIpc) is 3.21. The number of unbranched alkanes of at least 4 members (excludes halogenated alkanes) is 24. The van der Waals surface area contributed by atoms with Gasteiger partial charge in [-0.15, -0.1) is 0 Å². The smallest absolute Gasteiger partial charge is 0.250 e. The van der Waals surface area contributed by atoms with Crippen LogP contribution in [0.2, 0.25) is 0 Å². The van der Waals surface area contributed by atoms with Crippen molar-refractivity contribution in [2.75, 3.05) is 73.5 Å². The van der Waals surface area contributed by atoms with E-state index in [-0.39, 0.29) is 11.8 Å². The Morgan fingerprint density at radius 2 is 0.672 bits per heavy atom. The van der Waals surface area contributed by atoms with Gasteiger partial charge >= 0.3 is 0 Å². The molecule has 0 aliphatic heterocycles. The Bertz CT molecular complexity index is 889. The van der Waals surface area contributed by atoms with Crippen molar-refractivity contribution in [3.63, 3.8) is 0 Å². The summed E-state index contributed by atoms with van der Waals surface area (Å²) in [7, 11) is 5.89. The van der Waals surface area contributed by atoms with Crippen LogP contribution in [0, 0.1) is 0 Å². The molecule has 9 heteroatoms. The number of hydrogen-bond acceptors (Lipinski definition) is 7. The number of hydrogen-bond donors (Lipinski definition) is 4. The lowest BCUT2D eigenvalue weighted by atomic mass is 10.1. The van der Waals surface area contributed by atoms with Crippen LogP contribution in [0.25, 0.3) is 0 Å². The molecule has 0 fully saturated rings. The number of nitrogens with one attached hydrogen (secondary N) is 2. The Kier molecular flexibility index (Phi) is 42.0. The summed E-state index contributed by atoms with van der Waals surface area (Å²) in [5.74, 6) is -0.583. The molecule has 0 bridgehead atoms. The molecule has 0 aromatic rings. The third-order valence-corrected chi connectivity index (χ3v) is 11.3. The van der Waals surface area contributed by atoms with Crippen molar-refractivity contribution in [1.82, 2.24) is 25.3 Å². The number of aliphatic hydroxyl groups excluding tert-OH is 2. The molecule has 2 atom stereocenters. The van der Waals surface area contributed by atoms with Gasteiger partial charge in [0.05, 0.1) is 0 Å². The van der Waals surface area contributed by atoms with Crippen molar-refractivity contribution in [3.8, 4) is 0 Å². The fraction of sp³-hybridized carbons (Fsp3) is 0.878. The topological polar surface area (TPSA) is 108 Å². The Hall–Kier alpha value is -1.78. The SMILES string of the molecule is CCCCCCCC/C=C\CCCCCCCCNC(=O)C(O)CN(C)CCN(C)CCN(C)CC(O)C(=O)NCCCCCCCC/C=C\CCCCCCCC. The van der Waals surface area contributed by atoms with Crippen LogP contribution in [0.4, 0.5) is 0 Å². The van der Waals surface area contributed by atoms with Gasteiger partial charge in [0.25, 0.3) is 0 Å². The highest BCUT2D eigenvalue weighted by atomic mass is 16.3. The number of rotatable bonds is 44. The van der Waals surface area contributed by atoms with E-state index in [1.807, 2.05) is 30.9 Å². The predicted molar refractivity (Wildman–Crippen MR) is 249 cm³/mol. The summed E-state index contributed by atoms with van der Waals surface area (Å²) < 4.78 is 0. The Morgan fingerprint density at radius 3 is 0.983 bits per heavy atom. The van der Waals surface area contributed by atoms with Crippen LogP contribution in [0.5, 0.6) is 0 Å². The standard InChI is InChI=1S/C49H97N5O4/c1-6-8-10-12-14-16-18-20-22-24-26-28-30-32-34-36-38-50-48(57)46(55)44-53(4)42-40-52(3)41-43-54(5)45-47(56)49(58)51-39-37-35-33-31-29-27-25-23-21-19-17-15-13-11-9-7-2/h20-23,46-47,55-56H,6-19,24-45H2,1-5H3,(H,50,57)(H,51,58)/b22-20-,23-21-. The molecule has 0 spiro atoms. The minimum Gasteiger partial charge on any atom is -0.382 e. The van der Waals surface area contributed by atoms with Crippen molar-refractivity contribution in [3.05, 3.63) is 24.3 Å². The van der Waals surface area contributed by atoms with Crippen LogP contribution in [0.3, 0.4) is 0 Å². The number of amides is 2. The number of carbonyl (C=O) groups is 2. The van der Waals surface area contributed by atoms with Crippen LogP contribution in [0.1, 0.15) is 194 Å². The van der Waals surface area contributed by atoms with Gasteiger partial charge in [0.15, 0.2) is 0 Å². The summed E-state index contributed by atoms with van der Waals surface area (Å²) in [5.41, 5.74) is 0. The normalized spacial score (nSPS) is 13.1. The molecular weight excluding hydrogens is 723 g/mol. The number of aliphatic hydroxyl groups is 2. The summed E-state index contributed by atoms with van der Waals surface area (Å²) in [6, 6.07) is 0. The molecule has 0 aliphatic carbocycles. The van der Waals surface area contributed by atoms with E-state index in [9.17, 15) is 19.8 Å². The zero-order chi connectivity index (χ0) is 42.7. The van der Waals surface area contributed by atoms with Gasteiger partial charge in [-0.1, -0.05) is 154 Å². The van der Waals surface area contributed by atoms with E-state index in [4.69, 9.17) is 0 Å². The maximum Gasteiger partial charge on any atom is 0.250 e. The Labute approximate surface area is 359 Å². The first-order valence-corrected chi connectivity index (χ1v) is 24.5. The van der Waals surface area contributed by atoms with Gasteiger partial charge < -0.3 is 35.5 Å². The molecule has 58 heavy (non-hydrogen) atoms. The summed E-state index contributed by atoms with van der Waals surface area (Å²) in [5, 5.41) is 26.7. The van der Waals surface area contributed by atoms with E-state index < -0.39 is 12.2 Å². The van der Waals surface area contributed by atoms with Gasteiger partial charge in [0.1, 0.15) is 12.2 Å². The van der Waals surface area contributed by atoms with Gasteiger partial charge in [0, 0.05) is 52.4 Å². The molecule has 0 rings (SSSR count). The van der Waals surface area contributed by atoms with E-state index in [0.717, 1.165) is 51.9 Å². The zero-order valence-electron chi connectivity index (χ0n) is 39.0. The molecule has 9 nitrogen and oxygen atoms in total. The highest BCUT2D eigenvalue weighted by molar-refractivity contribution is 5.81. The maximum absolute atomic E-state index is 12.4. The van der Waals surface area contributed by atoms with Crippen molar-refractivity contribution >= 4 is 11.8 Å². The monoisotopic (exact) mass is 820 g/mol. The maximum atomic E-state index is 12.4. The molecule has 0 aliphatic rings. The lowest BCUT2D eigenvalue weighted by molar-refractivity contribution is -0.130. The van der Waals surface area contributed by atoms with Gasteiger partial charge in [-0.05, 0) is 85.4 Å². The fourth-order valence-corrected chi connectivity index (χ4v) is 7.14. The van der Waals surface area contributed by atoms with Crippen LogP contribution in [0.15, 0.2) is 24.3 Å². The van der Waals surface area contributed by atoms with Gasteiger partial charge in [0.2, 0.25) is 11.8 Å². The van der Waals surface area contributed by atoms with Gasteiger partial charge in [-0.25, -0.2) is 0 Å². The molecule has 342 valence electrons. The Morgan fingerprint density at radius 1 is 0.414 bits per heavy atom. The largest absolute Gasteiger partial charge is 0.382 e. The van der Waals surface area contributed by atoms with Crippen LogP contribution in [-0.4, -0.2) is 122 Å². The molecule has 2 unspecified atom stereocenters. The zero-order valence-corrected chi connectivity index (χ0v) is 39.0. The van der Waals surface area contributed by atoms with Crippen LogP contribution in [-0.2, 0) is 9.59 Å². The highest BCUT2D eigenvalue weighted by Crippen LogP contribution is 2.11. The molecule has 0 saturated heterocycles. The minimum atomic E-state index is -1.04. The van der Waals surface area contributed by atoms with Gasteiger partial charge in [-0.2, -0.15) is 0 Å². The van der Waals surface area contributed by atoms with E-state index in [0.29, 0.717) is 26.2 Å². The highest BCUT2D eigenvalue weighted by Gasteiger charge is 2.18. The number of allylic oxidation sites excluding steroid dienone is 4. The summed E-state index contributed by atoms with van der Waals surface area (Å²) in [6.07, 6.45) is 42.6. The molecular formula is C49H97N5O4. The molecule has 0 saturated carbocycles. The second kappa shape index (κ2) is 43.3. The third-order valence-electron chi connectivity index (χ3n) is 11.3. The van der Waals surface area contributed by atoms with E-state index in [2.05, 4.69) is 53.7 Å². The summed E-state index contributed by atoms with van der Waals surface area (Å²) in [4.78, 5) is 31.0. The van der Waals surface area contributed by atoms with Gasteiger partial charge in [-0.3, -0.25) is 9.59 Å². The van der Waals surface area contributed by atoms with E-state index >= 15 is 0 Å². The average molecular weight is 820 g/mol. The Balaban J connectivity index is 3.75. The first kappa shape index (κ1) is 56.2. The lowest BCUT2D eigenvalue weighted by Crippen LogP contribution is -2.45. The molecule has 0 aromatic carbocycles. The molecule has 4 N–H and O–H groups in total. The molecule has 0 aromatic heterocycles. The molecule has 0 radical (unpaired) electrons. The molecule has 2 amide bonds. The number of carbonyl (C=O) groups excluding carboxylic acids is 2. The first-order chi connectivity index (χ1) is 28.2. The van der Waals surface area contributed by atoms with Crippen molar-refractivity contribution in [2.45, 2.75) is 206 Å². The second-order valence-corrected chi connectivity index (χ2v) is 17.3. The summed E-state index contributed by atoms with van der Waals surface area (Å²) in [6.45, 7) is 9.38. The van der Waals surface area contributed by atoms with Crippen molar-refractivity contribution in [2.24, 2.45) is 0 Å². The van der Waals surface area contributed by atoms with Crippen LogP contribution < -0.4 is 10.6 Å².